The molecular formula is C21H26N2O. The fraction of sp³-hybridized carbons (Fsp3) is 0.381. The molecule has 1 N–H and O–H groups in total. The number of nitrogens with one attached hydrogen (secondary N) is 1. The normalized spacial score (nSPS) is 16.8. The second-order valence-electron chi connectivity index (χ2n) is 6.84. The van der Waals surface area contributed by atoms with Gasteiger partial charge in [-0.2, -0.15) is 0 Å². The highest BCUT2D eigenvalue weighted by Gasteiger charge is 2.24. The van der Waals surface area contributed by atoms with Crippen molar-refractivity contribution in [1.82, 2.24) is 4.90 Å². The fourth-order valence-corrected chi connectivity index (χ4v) is 3.71. The zero-order valence-corrected chi connectivity index (χ0v) is 14.8. The van der Waals surface area contributed by atoms with E-state index in [0.29, 0.717) is 12.6 Å². The van der Waals surface area contributed by atoms with Crippen LogP contribution in [0.5, 0.6) is 0 Å². The maximum Gasteiger partial charge on any atom is 0.238 e. The predicted octanol–water partition coefficient (Wildman–Crippen LogP) is 4.25. The highest BCUT2D eigenvalue weighted by atomic mass is 16.2. The second kappa shape index (κ2) is 7.18. The number of hydrogen-bond acceptors (Lipinski definition) is 2. The summed E-state index contributed by atoms with van der Waals surface area (Å²) in [4.78, 5) is 14.7. The molecule has 0 spiro atoms. The van der Waals surface area contributed by atoms with Crippen molar-refractivity contribution in [1.29, 1.82) is 0 Å². The van der Waals surface area contributed by atoms with Crippen molar-refractivity contribution in [2.75, 3.05) is 18.9 Å². The predicted molar refractivity (Wildman–Crippen MR) is 99.3 cm³/mol. The van der Waals surface area contributed by atoms with E-state index >= 15 is 0 Å². The molecule has 3 rings (SSSR count). The quantitative estimate of drug-likeness (QED) is 0.912. The summed E-state index contributed by atoms with van der Waals surface area (Å²) in [5.41, 5.74) is 5.96. The summed E-state index contributed by atoms with van der Waals surface area (Å²) >= 11 is 0. The highest BCUT2D eigenvalue weighted by Crippen LogP contribution is 2.33. The van der Waals surface area contributed by atoms with Gasteiger partial charge >= 0.3 is 0 Å². The lowest BCUT2D eigenvalue weighted by atomic mass is 9.87. The van der Waals surface area contributed by atoms with Crippen molar-refractivity contribution >= 4 is 11.6 Å². The van der Waals surface area contributed by atoms with Crippen LogP contribution in [0, 0.1) is 13.8 Å². The molecule has 0 fully saturated rings. The van der Waals surface area contributed by atoms with E-state index in [0.717, 1.165) is 29.7 Å². The second-order valence-corrected chi connectivity index (χ2v) is 6.84. The Labute approximate surface area is 144 Å². The van der Waals surface area contributed by atoms with Gasteiger partial charge < -0.3 is 5.32 Å². The molecule has 1 aliphatic carbocycles. The Morgan fingerprint density at radius 3 is 2.58 bits per heavy atom. The molecule has 1 aliphatic rings. The van der Waals surface area contributed by atoms with Crippen molar-refractivity contribution in [2.45, 2.75) is 39.2 Å². The Morgan fingerprint density at radius 1 is 1.12 bits per heavy atom. The van der Waals surface area contributed by atoms with Crippen LogP contribution in [-0.4, -0.2) is 24.4 Å². The molecule has 0 unspecified atom stereocenters. The van der Waals surface area contributed by atoms with Crippen molar-refractivity contribution in [2.24, 2.45) is 0 Å². The Bertz CT molecular complexity index is 718. The molecule has 126 valence electrons. The van der Waals surface area contributed by atoms with Crippen LogP contribution >= 0.6 is 0 Å². The van der Waals surface area contributed by atoms with E-state index in [1.54, 1.807) is 0 Å². The van der Waals surface area contributed by atoms with E-state index in [1.807, 2.05) is 32.0 Å². The fourth-order valence-electron chi connectivity index (χ4n) is 3.71. The van der Waals surface area contributed by atoms with E-state index in [-0.39, 0.29) is 5.91 Å². The summed E-state index contributed by atoms with van der Waals surface area (Å²) in [6.07, 6.45) is 3.45. The van der Waals surface area contributed by atoms with Crippen molar-refractivity contribution in [3.05, 3.63) is 64.7 Å². The number of hydrogen-bond donors (Lipinski definition) is 1. The van der Waals surface area contributed by atoms with Crippen LogP contribution in [0.25, 0.3) is 0 Å². The number of amides is 1. The minimum atomic E-state index is 0.0537. The zero-order valence-electron chi connectivity index (χ0n) is 14.8. The maximum absolute atomic E-state index is 12.5. The van der Waals surface area contributed by atoms with Gasteiger partial charge in [0.05, 0.1) is 6.54 Å². The molecule has 0 aromatic heterocycles. The van der Waals surface area contributed by atoms with Crippen molar-refractivity contribution in [3.63, 3.8) is 0 Å². The minimum Gasteiger partial charge on any atom is -0.324 e. The van der Waals surface area contributed by atoms with Crippen LogP contribution in [0.3, 0.4) is 0 Å². The topological polar surface area (TPSA) is 32.3 Å². The third-order valence-corrected chi connectivity index (χ3v) is 5.01. The van der Waals surface area contributed by atoms with Crippen LogP contribution in [0.1, 0.15) is 41.1 Å². The summed E-state index contributed by atoms with van der Waals surface area (Å²) in [7, 11) is 2.05. The Morgan fingerprint density at radius 2 is 1.83 bits per heavy atom. The molecule has 1 atom stereocenters. The maximum atomic E-state index is 12.5. The van der Waals surface area contributed by atoms with Gasteiger partial charge in [0.15, 0.2) is 0 Å². The molecule has 0 aliphatic heterocycles. The average molecular weight is 322 g/mol. The molecule has 3 nitrogen and oxygen atoms in total. The number of rotatable bonds is 4. The van der Waals surface area contributed by atoms with Crippen molar-refractivity contribution < 1.29 is 4.79 Å². The van der Waals surface area contributed by atoms with E-state index in [1.165, 1.54) is 17.5 Å². The average Bonchev–Trinajstić information content (AvgIpc) is 2.57. The number of carbonyl (C=O) groups is 1. The number of benzene rings is 2. The molecule has 0 saturated heterocycles. The monoisotopic (exact) mass is 322 g/mol. The van der Waals surface area contributed by atoms with Crippen LogP contribution < -0.4 is 5.32 Å². The summed E-state index contributed by atoms with van der Waals surface area (Å²) in [6.45, 7) is 4.47. The van der Waals surface area contributed by atoms with E-state index in [4.69, 9.17) is 0 Å². The standard InChI is InChI=1S/C21H26N2O/c1-15-8-6-9-16(2)21(15)22-20(24)14-23(3)19-13-7-11-17-10-4-5-12-18(17)19/h4-6,8-10,12,19H,7,11,13-14H2,1-3H3,(H,22,24)/t19-/m1/s1. The molecule has 24 heavy (non-hydrogen) atoms. The number of anilines is 1. The molecule has 0 bridgehead atoms. The first-order valence-electron chi connectivity index (χ1n) is 8.70. The third-order valence-electron chi connectivity index (χ3n) is 5.01. The number of nitrogens with zero attached hydrogens (tertiary/aromatic N) is 1. The van der Waals surface area contributed by atoms with Crippen molar-refractivity contribution in [3.8, 4) is 0 Å². The SMILES string of the molecule is Cc1cccc(C)c1NC(=O)CN(C)[C@@H]1CCCc2ccccc21. The minimum absolute atomic E-state index is 0.0537. The van der Waals surface area contributed by atoms with Gasteiger partial charge in [-0.1, -0.05) is 42.5 Å². The number of carbonyl (C=O) groups excluding carboxylic acids is 1. The largest absolute Gasteiger partial charge is 0.324 e. The Hall–Kier alpha value is -2.13. The Kier molecular flexibility index (Phi) is 5.00. The first-order valence-corrected chi connectivity index (χ1v) is 8.70. The molecule has 2 aromatic rings. The summed E-state index contributed by atoms with van der Waals surface area (Å²) < 4.78 is 0. The number of para-hydroxylation sites is 1. The van der Waals surface area contributed by atoms with Gasteiger partial charge in [-0.25, -0.2) is 0 Å². The summed E-state index contributed by atoms with van der Waals surface area (Å²) in [6, 6.07) is 15.0. The van der Waals surface area contributed by atoms with Gasteiger partial charge in [0.25, 0.3) is 0 Å². The van der Waals surface area contributed by atoms with Gasteiger partial charge in [0.2, 0.25) is 5.91 Å². The smallest absolute Gasteiger partial charge is 0.238 e. The lowest BCUT2D eigenvalue weighted by Gasteiger charge is -2.33. The molecule has 3 heteroatoms. The van der Waals surface area contributed by atoms with E-state index < -0.39 is 0 Å². The molecule has 2 aromatic carbocycles. The van der Waals surface area contributed by atoms with E-state index in [9.17, 15) is 4.79 Å². The molecule has 0 heterocycles. The van der Waals surface area contributed by atoms with Crippen LogP contribution in [0.2, 0.25) is 0 Å². The number of likely N-dealkylation sites (N-methyl/N-ethyl adjacent to an activating group) is 1. The first kappa shape index (κ1) is 16.7. The van der Waals surface area contributed by atoms with Gasteiger partial charge in [0, 0.05) is 11.7 Å². The zero-order chi connectivity index (χ0) is 17.1. The third kappa shape index (κ3) is 3.51. The number of fused-ring (bicyclic) bond motifs is 1. The van der Waals surface area contributed by atoms with E-state index in [2.05, 4.69) is 41.5 Å². The van der Waals surface area contributed by atoms with Gasteiger partial charge in [-0.3, -0.25) is 9.69 Å². The van der Waals surface area contributed by atoms with Gasteiger partial charge in [-0.05, 0) is 62.4 Å². The summed E-state index contributed by atoms with van der Waals surface area (Å²) in [5, 5.41) is 3.09. The van der Waals surface area contributed by atoms with Crippen LogP contribution in [-0.2, 0) is 11.2 Å². The Balaban J connectivity index is 1.69. The highest BCUT2D eigenvalue weighted by molar-refractivity contribution is 5.93. The van der Waals surface area contributed by atoms with Crippen LogP contribution in [0.4, 0.5) is 5.69 Å². The first-order chi connectivity index (χ1) is 11.6. The lowest BCUT2D eigenvalue weighted by Crippen LogP contribution is -2.35. The molecule has 0 radical (unpaired) electrons. The van der Waals surface area contributed by atoms with Crippen LogP contribution in [0.15, 0.2) is 42.5 Å². The molecular weight excluding hydrogens is 296 g/mol. The lowest BCUT2D eigenvalue weighted by molar-refractivity contribution is -0.117. The van der Waals surface area contributed by atoms with Gasteiger partial charge in [0.1, 0.15) is 0 Å². The number of aryl methyl sites for hydroxylation is 3. The van der Waals surface area contributed by atoms with Gasteiger partial charge in [-0.15, -0.1) is 0 Å². The summed E-state index contributed by atoms with van der Waals surface area (Å²) in [5.74, 6) is 0.0537. The molecule has 1 amide bonds. The molecule has 0 saturated carbocycles.